The van der Waals surface area contributed by atoms with Crippen molar-refractivity contribution in [3.63, 3.8) is 0 Å². The Labute approximate surface area is 184 Å². The maximum atomic E-state index is 12.5. The highest BCUT2D eigenvalue weighted by Crippen LogP contribution is 2.34. The molecule has 3 rings (SSSR count). The third-order valence-corrected chi connectivity index (χ3v) is 7.72. The molecule has 8 nitrogen and oxygen atoms in total. The van der Waals surface area contributed by atoms with Crippen LogP contribution in [0.2, 0.25) is 0 Å². The summed E-state index contributed by atoms with van der Waals surface area (Å²) in [6.45, 7) is 0. The Morgan fingerprint density at radius 2 is 1.65 bits per heavy atom. The SMILES string of the molecule is COc1ccc(S(=O)(=O)CCCC(=O)N=c2sc3c(OC)ccc(OC)c3n2C)cc1. The Kier molecular flexibility index (Phi) is 7.01. The van der Waals surface area contributed by atoms with Crippen molar-refractivity contribution in [1.82, 2.24) is 4.57 Å². The molecule has 10 heteroatoms. The van der Waals surface area contributed by atoms with Crippen LogP contribution in [0.25, 0.3) is 10.2 Å². The number of rotatable bonds is 8. The predicted octanol–water partition coefficient (Wildman–Crippen LogP) is 2.95. The van der Waals surface area contributed by atoms with Crippen LogP contribution >= 0.6 is 11.3 Å². The van der Waals surface area contributed by atoms with Crippen LogP contribution in [0.4, 0.5) is 0 Å². The van der Waals surface area contributed by atoms with Crippen LogP contribution in [0.3, 0.4) is 0 Å². The number of hydrogen-bond donors (Lipinski definition) is 0. The lowest BCUT2D eigenvalue weighted by atomic mass is 10.3. The van der Waals surface area contributed by atoms with Crippen molar-refractivity contribution < 1.29 is 27.4 Å². The van der Waals surface area contributed by atoms with Gasteiger partial charge in [0.25, 0.3) is 0 Å². The van der Waals surface area contributed by atoms with E-state index < -0.39 is 9.84 Å². The minimum atomic E-state index is -3.49. The molecule has 166 valence electrons. The number of nitrogens with zero attached hydrogens (tertiary/aromatic N) is 2. The topological polar surface area (TPSA) is 96.2 Å². The highest BCUT2D eigenvalue weighted by atomic mass is 32.2. The molecule has 0 saturated heterocycles. The molecule has 0 fully saturated rings. The quantitative estimate of drug-likeness (QED) is 0.509. The van der Waals surface area contributed by atoms with E-state index in [-0.39, 0.29) is 29.4 Å². The molecule has 0 N–H and O–H groups in total. The Hall–Kier alpha value is -2.85. The van der Waals surface area contributed by atoms with Gasteiger partial charge in [0.1, 0.15) is 27.5 Å². The second kappa shape index (κ2) is 9.52. The standard InChI is InChI=1S/C21H24N2O6S2/c1-23-19-16(28-3)11-12-17(29-4)20(19)30-21(23)22-18(24)6-5-13-31(25,26)15-9-7-14(27-2)8-10-15/h7-12H,5-6,13H2,1-4H3. The molecule has 0 aliphatic heterocycles. The minimum Gasteiger partial charge on any atom is -0.497 e. The van der Waals surface area contributed by atoms with Crippen LogP contribution in [-0.4, -0.2) is 46.0 Å². The van der Waals surface area contributed by atoms with Gasteiger partial charge in [-0.25, -0.2) is 8.42 Å². The average Bonchev–Trinajstić information content (AvgIpc) is 3.09. The highest BCUT2D eigenvalue weighted by molar-refractivity contribution is 7.91. The highest BCUT2D eigenvalue weighted by Gasteiger charge is 2.16. The molecule has 1 heterocycles. The van der Waals surface area contributed by atoms with Crippen LogP contribution in [0.5, 0.6) is 17.2 Å². The van der Waals surface area contributed by atoms with E-state index in [0.717, 1.165) is 10.2 Å². The van der Waals surface area contributed by atoms with E-state index in [4.69, 9.17) is 14.2 Å². The number of methoxy groups -OCH3 is 3. The van der Waals surface area contributed by atoms with E-state index in [1.54, 1.807) is 50.1 Å². The summed E-state index contributed by atoms with van der Waals surface area (Å²) in [6.07, 6.45) is 0.204. The van der Waals surface area contributed by atoms with E-state index in [1.807, 2.05) is 0 Å². The smallest absolute Gasteiger partial charge is 0.248 e. The van der Waals surface area contributed by atoms with Gasteiger partial charge in [0, 0.05) is 13.5 Å². The van der Waals surface area contributed by atoms with E-state index >= 15 is 0 Å². The summed E-state index contributed by atoms with van der Waals surface area (Å²) in [4.78, 5) is 17.3. The largest absolute Gasteiger partial charge is 0.497 e. The number of carbonyl (C=O) groups excluding carboxylic acids is 1. The number of aromatic nitrogens is 1. The first-order valence-electron chi connectivity index (χ1n) is 9.45. The van der Waals surface area contributed by atoms with Gasteiger partial charge in [0.05, 0.1) is 32.0 Å². The number of aryl methyl sites for hydroxylation is 1. The van der Waals surface area contributed by atoms with Crippen molar-refractivity contribution in [3.05, 3.63) is 41.2 Å². The second-order valence-electron chi connectivity index (χ2n) is 6.69. The third kappa shape index (κ3) is 4.91. The van der Waals surface area contributed by atoms with Crippen molar-refractivity contribution in [3.8, 4) is 17.2 Å². The normalized spacial score (nSPS) is 12.2. The summed E-state index contributed by atoms with van der Waals surface area (Å²) in [5.74, 6) is 1.37. The monoisotopic (exact) mass is 464 g/mol. The van der Waals surface area contributed by atoms with Crippen LogP contribution in [0, 0.1) is 0 Å². The fourth-order valence-corrected chi connectivity index (χ4v) is 5.56. The number of thiazole rings is 1. The van der Waals surface area contributed by atoms with Crippen molar-refractivity contribution in [2.24, 2.45) is 12.0 Å². The predicted molar refractivity (Wildman–Crippen MR) is 119 cm³/mol. The maximum absolute atomic E-state index is 12.5. The van der Waals surface area contributed by atoms with Gasteiger partial charge in [-0.05, 0) is 42.8 Å². The Morgan fingerprint density at radius 3 is 2.26 bits per heavy atom. The number of benzene rings is 2. The van der Waals surface area contributed by atoms with Gasteiger partial charge in [-0.2, -0.15) is 4.99 Å². The van der Waals surface area contributed by atoms with Gasteiger partial charge in [0.2, 0.25) is 5.91 Å². The Balaban J connectivity index is 1.75. The molecule has 0 unspecified atom stereocenters. The first kappa shape index (κ1) is 22.8. The lowest BCUT2D eigenvalue weighted by molar-refractivity contribution is -0.118. The van der Waals surface area contributed by atoms with Crippen LogP contribution in [-0.2, 0) is 21.7 Å². The van der Waals surface area contributed by atoms with Crippen LogP contribution in [0.15, 0.2) is 46.3 Å². The zero-order chi connectivity index (χ0) is 22.6. The number of sulfone groups is 1. The molecule has 0 bridgehead atoms. The zero-order valence-corrected chi connectivity index (χ0v) is 19.4. The fourth-order valence-electron chi connectivity index (χ4n) is 3.11. The number of fused-ring (bicyclic) bond motifs is 1. The van der Waals surface area contributed by atoms with Crippen molar-refractivity contribution in [1.29, 1.82) is 0 Å². The number of hydrogen-bond acceptors (Lipinski definition) is 7. The summed E-state index contributed by atoms with van der Waals surface area (Å²) in [5, 5.41) is 0. The van der Waals surface area contributed by atoms with Gasteiger partial charge < -0.3 is 18.8 Å². The molecule has 0 spiro atoms. The first-order chi connectivity index (χ1) is 14.8. The molecule has 31 heavy (non-hydrogen) atoms. The Morgan fingerprint density at radius 1 is 1.00 bits per heavy atom. The van der Waals surface area contributed by atoms with Crippen LogP contribution in [0.1, 0.15) is 12.8 Å². The molecule has 3 aromatic rings. The minimum absolute atomic E-state index is 0.0257. The second-order valence-corrected chi connectivity index (χ2v) is 9.78. The van der Waals surface area contributed by atoms with E-state index in [1.165, 1.54) is 30.6 Å². The molecule has 2 aromatic carbocycles. The summed E-state index contributed by atoms with van der Waals surface area (Å²) in [5.41, 5.74) is 0.778. The Bertz CT molecular complexity index is 1260. The van der Waals surface area contributed by atoms with Gasteiger partial charge in [0.15, 0.2) is 14.6 Å². The van der Waals surface area contributed by atoms with E-state index in [9.17, 15) is 13.2 Å². The summed E-state index contributed by atoms with van der Waals surface area (Å²) in [6, 6.07) is 9.78. The van der Waals surface area contributed by atoms with Gasteiger partial charge in [-0.15, -0.1) is 0 Å². The van der Waals surface area contributed by atoms with E-state index in [0.29, 0.717) is 22.0 Å². The average molecular weight is 465 g/mol. The summed E-state index contributed by atoms with van der Waals surface area (Å²) >= 11 is 1.31. The molecule has 1 aromatic heterocycles. The number of amides is 1. The summed E-state index contributed by atoms with van der Waals surface area (Å²) < 4.78 is 43.4. The number of carbonyl (C=O) groups is 1. The van der Waals surface area contributed by atoms with Crippen LogP contribution < -0.4 is 19.0 Å². The van der Waals surface area contributed by atoms with Gasteiger partial charge >= 0.3 is 0 Å². The lowest BCUT2D eigenvalue weighted by Crippen LogP contribution is -2.14. The molecule has 0 aliphatic rings. The fraction of sp³-hybridized carbons (Fsp3) is 0.333. The van der Waals surface area contributed by atoms with Gasteiger partial charge in [-0.1, -0.05) is 11.3 Å². The first-order valence-corrected chi connectivity index (χ1v) is 11.9. The maximum Gasteiger partial charge on any atom is 0.248 e. The molecule has 0 radical (unpaired) electrons. The van der Waals surface area contributed by atoms with Crippen molar-refractivity contribution in [2.45, 2.75) is 17.7 Å². The summed E-state index contributed by atoms with van der Waals surface area (Å²) in [7, 11) is 2.97. The molecule has 1 amide bonds. The lowest BCUT2D eigenvalue weighted by Gasteiger charge is -2.06. The molecular weight excluding hydrogens is 440 g/mol. The van der Waals surface area contributed by atoms with Gasteiger partial charge in [-0.3, -0.25) is 4.79 Å². The molecule has 0 atom stereocenters. The number of ether oxygens (including phenoxy) is 3. The molecule has 0 saturated carbocycles. The molecular formula is C21H24N2O6S2. The van der Waals surface area contributed by atoms with E-state index in [2.05, 4.69) is 4.99 Å². The third-order valence-electron chi connectivity index (χ3n) is 4.76. The zero-order valence-electron chi connectivity index (χ0n) is 17.7. The molecule has 0 aliphatic carbocycles. The van der Waals surface area contributed by atoms with Crippen molar-refractivity contribution >= 4 is 37.3 Å². The van der Waals surface area contributed by atoms with Crippen molar-refractivity contribution in [2.75, 3.05) is 27.1 Å².